The Morgan fingerprint density at radius 1 is 0.815 bits per heavy atom. The average molecular weight is 482 g/mol. The minimum absolute atomic E-state index is 0.134. The molecule has 0 aliphatic rings. The van der Waals surface area contributed by atoms with Crippen LogP contribution in [-0.2, 0) is 9.59 Å². The molecule has 0 aromatic carbocycles. The van der Waals surface area contributed by atoms with Crippen LogP contribution in [-0.4, -0.2) is 35.2 Å². The Hall–Kier alpha value is -1.11. The number of anilines is 2. The van der Waals surface area contributed by atoms with Gasteiger partial charge in [-0.2, -0.15) is 0 Å². The van der Waals surface area contributed by atoms with E-state index in [2.05, 4.69) is 48.5 Å². The maximum atomic E-state index is 11.6. The van der Waals surface area contributed by atoms with Gasteiger partial charge in [0.1, 0.15) is 0 Å². The van der Waals surface area contributed by atoms with Gasteiger partial charge in [-0.1, -0.05) is 0 Å². The Bertz CT molecular complexity index is 563. The van der Waals surface area contributed by atoms with E-state index in [4.69, 9.17) is 0 Å². The molecule has 0 aliphatic heterocycles. The van der Waals surface area contributed by atoms with Crippen LogP contribution in [0.4, 0.5) is 11.6 Å². The van der Waals surface area contributed by atoms with Crippen molar-refractivity contribution in [1.29, 1.82) is 0 Å². The molecule has 1 heterocycles. The van der Waals surface area contributed by atoms with Crippen molar-refractivity contribution in [2.45, 2.75) is 86.5 Å². The van der Waals surface area contributed by atoms with Gasteiger partial charge in [-0.25, -0.2) is 0 Å². The van der Waals surface area contributed by atoms with Gasteiger partial charge < -0.3 is 0 Å². The minimum atomic E-state index is -2.67. The number of hydrogen-bond donors (Lipinski definition) is 2. The third-order valence-electron chi connectivity index (χ3n) is 5.07. The van der Waals surface area contributed by atoms with Crippen molar-refractivity contribution in [2.75, 3.05) is 10.6 Å². The molecule has 152 valence electrons. The molecule has 0 unspecified atom stereocenters. The molecule has 0 saturated heterocycles. The molecule has 0 aliphatic carbocycles. The maximum absolute atomic E-state index is 11.6. The Morgan fingerprint density at radius 2 is 1.19 bits per heavy atom. The zero-order valence-corrected chi connectivity index (χ0v) is 20.6. The molecule has 2 N–H and O–H groups in total. The molecular formula is C21H37N3O2Sn. The Morgan fingerprint density at radius 3 is 1.48 bits per heavy atom. The Balaban J connectivity index is 3.44. The van der Waals surface area contributed by atoms with Crippen molar-refractivity contribution in [3.8, 4) is 0 Å². The third kappa shape index (κ3) is 8.19. The number of carbonyl (C=O) groups excluding carboxylic acids is 2. The molecule has 27 heavy (non-hydrogen) atoms. The topological polar surface area (TPSA) is 71.1 Å². The summed E-state index contributed by atoms with van der Waals surface area (Å²) in [6.07, 6.45) is 7.40. The molecule has 5 nitrogen and oxygen atoms in total. The number of aromatic nitrogens is 1. The van der Waals surface area contributed by atoms with Crippen LogP contribution < -0.4 is 14.2 Å². The summed E-state index contributed by atoms with van der Waals surface area (Å²) in [6.45, 7) is 9.76. The number of amides is 2. The molecule has 0 radical (unpaired) electrons. The SMILES string of the molecule is CCC[CH2][Sn]([CH2]CCC)([CH2]CCC)[c]1cc(NC(C)=O)nc(NC(C)=O)c1. The van der Waals surface area contributed by atoms with Crippen LogP contribution in [0.5, 0.6) is 0 Å². The number of rotatable bonds is 12. The van der Waals surface area contributed by atoms with Gasteiger partial charge in [0.25, 0.3) is 0 Å². The molecule has 0 bridgehead atoms. The summed E-state index contributed by atoms with van der Waals surface area (Å²) in [4.78, 5) is 27.6. The summed E-state index contributed by atoms with van der Waals surface area (Å²) in [5.41, 5.74) is 0. The van der Waals surface area contributed by atoms with Crippen LogP contribution >= 0.6 is 0 Å². The van der Waals surface area contributed by atoms with Gasteiger partial charge in [-0.3, -0.25) is 0 Å². The van der Waals surface area contributed by atoms with Crippen LogP contribution in [0.1, 0.15) is 73.1 Å². The van der Waals surface area contributed by atoms with Crippen molar-refractivity contribution in [3.63, 3.8) is 0 Å². The first-order chi connectivity index (χ1) is 12.9. The van der Waals surface area contributed by atoms with Crippen molar-refractivity contribution >= 4 is 45.4 Å². The summed E-state index contributed by atoms with van der Waals surface area (Å²) >= 11 is -2.67. The number of carbonyl (C=O) groups is 2. The van der Waals surface area contributed by atoms with Gasteiger partial charge in [-0.05, 0) is 0 Å². The Kier molecular flexibility index (Phi) is 11.0. The third-order valence-corrected chi connectivity index (χ3v) is 20.6. The van der Waals surface area contributed by atoms with E-state index in [0.29, 0.717) is 11.6 Å². The fourth-order valence-corrected chi connectivity index (χ4v) is 19.6. The van der Waals surface area contributed by atoms with Crippen molar-refractivity contribution < 1.29 is 9.59 Å². The average Bonchev–Trinajstić information content (AvgIpc) is 2.60. The fourth-order valence-electron chi connectivity index (χ4n) is 3.68. The molecule has 1 aromatic rings. The first kappa shape index (κ1) is 23.9. The molecule has 0 fully saturated rings. The van der Waals surface area contributed by atoms with Gasteiger partial charge in [0, 0.05) is 0 Å². The second kappa shape index (κ2) is 12.4. The van der Waals surface area contributed by atoms with Gasteiger partial charge >= 0.3 is 169 Å². The molecule has 2 amide bonds. The normalized spacial score (nSPS) is 11.3. The molecule has 1 aromatic heterocycles. The molecule has 6 heteroatoms. The van der Waals surface area contributed by atoms with E-state index in [1.807, 2.05) is 0 Å². The monoisotopic (exact) mass is 483 g/mol. The van der Waals surface area contributed by atoms with Crippen molar-refractivity contribution in [3.05, 3.63) is 12.1 Å². The summed E-state index contributed by atoms with van der Waals surface area (Å²) in [5.74, 6) is 0.860. The molecule has 0 atom stereocenters. The number of nitrogens with zero attached hydrogens (tertiary/aromatic N) is 1. The zero-order chi connectivity index (χ0) is 20.3. The second-order valence-corrected chi connectivity index (χ2v) is 20.8. The molecule has 0 saturated carbocycles. The van der Waals surface area contributed by atoms with Gasteiger partial charge in [0.05, 0.1) is 0 Å². The van der Waals surface area contributed by atoms with Crippen LogP contribution in [0.3, 0.4) is 0 Å². The fraction of sp³-hybridized carbons (Fsp3) is 0.667. The predicted molar refractivity (Wildman–Crippen MR) is 117 cm³/mol. The van der Waals surface area contributed by atoms with E-state index >= 15 is 0 Å². The summed E-state index contributed by atoms with van der Waals surface area (Å²) in [6, 6.07) is 4.20. The van der Waals surface area contributed by atoms with Crippen LogP contribution in [0, 0.1) is 0 Å². The van der Waals surface area contributed by atoms with E-state index in [-0.39, 0.29) is 11.8 Å². The van der Waals surface area contributed by atoms with E-state index < -0.39 is 18.4 Å². The van der Waals surface area contributed by atoms with E-state index in [0.717, 1.165) is 0 Å². The number of hydrogen-bond acceptors (Lipinski definition) is 3. The molecular weight excluding hydrogens is 445 g/mol. The van der Waals surface area contributed by atoms with Crippen LogP contribution in [0.15, 0.2) is 12.1 Å². The van der Waals surface area contributed by atoms with Gasteiger partial charge in [0.15, 0.2) is 0 Å². The zero-order valence-electron chi connectivity index (χ0n) is 17.8. The van der Waals surface area contributed by atoms with Gasteiger partial charge in [0.2, 0.25) is 0 Å². The summed E-state index contributed by atoms with van der Waals surface area (Å²) in [5, 5.41) is 5.66. The van der Waals surface area contributed by atoms with E-state index in [1.54, 1.807) is 0 Å². The predicted octanol–water partition coefficient (Wildman–Crippen LogP) is 5.05. The number of nitrogens with one attached hydrogen (secondary N) is 2. The number of unbranched alkanes of at least 4 members (excludes halogenated alkanes) is 3. The first-order valence-electron chi connectivity index (χ1n) is 10.4. The standard InChI is InChI=1S/C9H10N3O2.3C4H9.Sn/c1-6(13)10-8-4-3-5-9(12-8)11-7(2)14;3*1-3-4-2;/h4-5H,1-2H3,(H2,10,11,12,13,14);3*1,3-4H2,2H3;. The summed E-state index contributed by atoms with van der Waals surface area (Å²) < 4.78 is 5.37. The van der Waals surface area contributed by atoms with E-state index in [9.17, 15) is 9.59 Å². The van der Waals surface area contributed by atoms with Crippen LogP contribution in [0.25, 0.3) is 0 Å². The van der Waals surface area contributed by atoms with Crippen molar-refractivity contribution in [1.82, 2.24) is 4.98 Å². The van der Waals surface area contributed by atoms with Crippen molar-refractivity contribution in [2.24, 2.45) is 0 Å². The Labute approximate surface area is 169 Å². The molecule has 1 rings (SSSR count). The van der Waals surface area contributed by atoms with E-state index in [1.165, 1.54) is 69.3 Å². The van der Waals surface area contributed by atoms with Gasteiger partial charge in [-0.15, -0.1) is 0 Å². The first-order valence-corrected chi connectivity index (χ1v) is 17.9. The second-order valence-electron chi connectivity index (χ2n) is 7.58. The van der Waals surface area contributed by atoms with Crippen LogP contribution in [0.2, 0.25) is 13.3 Å². The molecule has 0 spiro atoms. The number of pyridine rings is 1. The quantitative estimate of drug-likeness (QED) is 0.410. The summed E-state index contributed by atoms with van der Waals surface area (Å²) in [7, 11) is 0.